The summed E-state index contributed by atoms with van der Waals surface area (Å²) in [6.07, 6.45) is 1.35. The number of halogens is 1. The summed E-state index contributed by atoms with van der Waals surface area (Å²) < 4.78 is 13.1. The molecule has 1 fully saturated rings. The number of carbonyl (C=O) groups excluding carboxylic acids is 2. The normalized spacial score (nSPS) is 15.1. The lowest BCUT2D eigenvalue weighted by molar-refractivity contribution is 0.0762. The van der Waals surface area contributed by atoms with Crippen molar-refractivity contribution in [2.45, 2.75) is 25.8 Å². The Hall–Kier alpha value is -3.40. The molecule has 3 rings (SSSR count). The van der Waals surface area contributed by atoms with Gasteiger partial charge in [-0.2, -0.15) is 5.26 Å². The van der Waals surface area contributed by atoms with Crippen LogP contribution in [0, 0.1) is 17.1 Å². The Bertz CT molecular complexity index is 922. The zero-order valence-corrected chi connectivity index (χ0v) is 17.0. The van der Waals surface area contributed by atoms with Crippen molar-refractivity contribution >= 4 is 11.9 Å². The maximum absolute atomic E-state index is 13.1. The molecule has 1 heterocycles. The van der Waals surface area contributed by atoms with E-state index in [2.05, 4.69) is 11.4 Å². The monoisotopic (exact) mass is 408 g/mol. The van der Waals surface area contributed by atoms with E-state index < -0.39 is 0 Å². The molecule has 30 heavy (non-hydrogen) atoms. The number of nitrogens with one attached hydrogen (secondary N) is 1. The van der Waals surface area contributed by atoms with Gasteiger partial charge in [0, 0.05) is 37.8 Å². The third-order valence-electron chi connectivity index (χ3n) is 5.16. The highest BCUT2D eigenvalue weighted by molar-refractivity contribution is 5.94. The molecular formula is C23H25FN4O2. The molecule has 0 bridgehead atoms. The number of carbonyl (C=O) groups is 2. The highest BCUT2D eigenvalue weighted by Crippen LogP contribution is 2.11. The summed E-state index contributed by atoms with van der Waals surface area (Å²) in [7, 11) is 0. The summed E-state index contributed by atoms with van der Waals surface area (Å²) in [5.74, 6) is -0.521. The fourth-order valence-electron chi connectivity index (χ4n) is 3.52. The van der Waals surface area contributed by atoms with Crippen molar-refractivity contribution in [1.29, 1.82) is 5.26 Å². The van der Waals surface area contributed by atoms with Gasteiger partial charge in [-0.1, -0.05) is 12.1 Å². The molecule has 0 radical (unpaired) electrons. The van der Waals surface area contributed by atoms with Crippen LogP contribution < -0.4 is 5.32 Å². The predicted octanol–water partition coefficient (Wildman–Crippen LogP) is 3.19. The van der Waals surface area contributed by atoms with Gasteiger partial charge < -0.3 is 15.1 Å². The molecule has 0 saturated carbocycles. The molecular weight excluding hydrogens is 383 g/mol. The first-order valence-electron chi connectivity index (χ1n) is 10.1. The highest BCUT2D eigenvalue weighted by atomic mass is 19.1. The molecule has 1 N–H and O–H groups in total. The van der Waals surface area contributed by atoms with Crippen molar-refractivity contribution in [2.75, 3.05) is 26.2 Å². The van der Waals surface area contributed by atoms with Gasteiger partial charge in [-0.05, 0) is 61.7 Å². The zero-order chi connectivity index (χ0) is 21.5. The molecule has 1 saturated heterocycles. The van der Waals surface area contributed by atoms with Gasteiger partial charge in [0.1, 0.15) is 5.82 Å². The third-order valence-corrected chi connectivity index (χ3v) is 5.16. The number of nitriles is 1. The molecule has 2 aromatic rings. The third kappa shape index (κ3) is 5.57. The van der Waals surface area contributed by atoms with E-state index >= 15 is 0 Å². The average Bonchev–Trinajstić information content (AvgIpc) is 3.00. The van der Waals surface area contributed by atoms with Gasteiger partial charge in [-0.25, -0.2) is 9.18 Å². The second-order valence-electron chi connectivity index (χ2n) is 7.50. The first-order valence-corrected chi connectivity index (χ1v) is 10.1. The molecule has 1 aliphatic rings. The van der Waals surface area contributed by atoms with Crippen LogP contribution in [0.5, 0.6) is 0 Å². The molecule has 0 aliphatic carbocycles. The van der Waals surface area contributed by atoms with Crippen LogP contribution in [0.3, 0.4) is 0 Å². The highest BCUT2D eigenvalue weighted by Gasteiger charge is 2.23. The van der Waals surface area contributed by atoms with Gasteiger partial charge in [0.25, 0.3) is 5.91 Å². The van der Waals surface area contributed by atoms with Crippen molar-refractivity contribution in [3.63, 3.8) is 0 Å². The lowest BCUT2D eigenvalue weighted by Crippen LogP contribution is -2.46. The molecule has 0 aromatic heterocycles. The Morgan fingerprint density at radius 3 is 2.33 bits per heavy atom. The fourth-order valence-corrected chi connectivity index (χ4v) is 3.52. The van der Waals surface area contributed by atoms with Crippen LogP contribution >= 0.6 is 0 Å². The van der Waals surface area contributed by atoms with Gasteiger partial charge >= 0.3 is 6.03 Å². The van der Waals surface area contributed by atoms with E-state index in [4.69, 9.17) is 5.26 Å². The van der Waals surface area contributed by atoms with Gasteiger partial charge in [0.05, 0.1) is 11.6 Å². The van der Waals surface area contributed by atoms with Crippen LogP contribution in [0.1, 0.15) is 34.8 Å². The van der Waals surface area contributed by atoms with E-state index in [1.54, 1.807) is 21.9 Å². The van der Waals surface area contributed by atoms with E-state index in [1.165, 1.54) is 24.3 Å². The van der Waals surface area contributed by atoms with E-state index in [0.717, 1.165) is 5.56 Å². The maximum atomic E-state index is 13.1. The molecule has 1 aliphatic heterocycles. The summed E-state index contributed by atoms with van der Waals surface area (Å²) in [6.45, 7) is 3.96. The molecule has 156 valence electrons. The zero-order valence-electron chi connectivity index (χ0n) is 17.0. The van der Waals surface area contributed by atoms with Gasteiger partial charge in [-0.3, -0.25) is 4.79 Å². The second kappa shape index (κ2) is 9.88. The van der Waals surface area contributed by atoms with Crippen molar-refractivity contribution in [3.8, 4) is 6.07 Å². The number of hydrogen-bond donors (Lipinski definition) is 1. The van der Waals surface area contributed by atoms with Crippen LogP contribution in [0.4, 0.5) is 9.18 Å². The lowest BCUT2D eigenvalue weighted by Gasteiger charge is -2.24. The molecule has 6 nitrogen and oxygen atoms in total. The summed E-state index contributed by atoms with van der Waals surface area (Å²) >= 11 is 0. The minimum atomic E-state index is -0.375. The number of hydrogen-bond acceptors (Lipinski definition) is 3. The van der Waals surface area contributed by atoms with Crippen LogP contribution in [0.25, 0.3) is 0 Å². The lowest BCUT2D eigenvalue weighted by atomic mass is 10.1. The van der Waals surface area contributed by atoms with Crippen molar-refractivity contribution < 1.29 is 14.0 Å². The topological polar surface area (TPSA) is 76.4 Å². The summed E-state index contributed by atoms with van der Waals surface area (Å²) in [6, 6.07) is 14.7. The first-order chi connectivity index (χ1) is 14.5. The summed E-state index contributed by atoms with van der Waals surface area (Å²) in [5, 5.41) is 11.9. The molecule has 3 amide bonds. The molecule has 2 aromatic carbocycles. The van der Waals surface area contributed by atoms with E-state index in [1.807, 2.05) is 19.1 Å². The minimum Gasteiger partial charge on any atom is -0.337 e. The van der Waals surface area contributed by atoms with Crippen LogP contribution in [-0.4, -0.2) is 54.0 Å². The summed E-state index contributed by atoms with van der Waals surface area (Å²) in [4.78, 5) is 28.7. The predicted molar refractivity (Wildman–Crippen MR) is 111 cm³/mol. The van der Waals surface area contributed by atoms with Crippen LogP contribution in [0.2, 0.25) is 0 Å². The first kappa shape index (κ1) is 21.3. The number of nitrogens with zero attached hydrogens (tertiary/aromatic N) is 3. The van der Waals surface area contributed by atoms with E-state index in [0.29, 0.717) is 50.1 Å². The molecule has 1 unspecified atom stereocenters. The Labute approximate surface area is 175 Å². The molecule has 0 spiro atoms. The van der Waals surface area contributed by atoms with Gasteiger partial charge in [0.15, 0.2) is 0 Å². The fraction of sp³-hybridized carbons (Fsp3) is 0.348. The number of rotatable bonds is 4. The number of benzene rings is 2. The Kier molecular flexibility index (Phi) is 7.02. The van der Waals surface area contributed by atoms with E-state index in [-0.39, 0.29) is 23.8 Å². The quantitative estimate of drug-likeness (QED) is 0.844. The average molecular weight is 408 g/mol. The molecule has 1 atom stereocenters. The molecule has 7 heteroatoms. The second-order valence-corrected chi connectivity index (χ2v) is 7.50. The Morgan fingerprint density at radius 1 is 1.03 bits per heavy atom. The van der Waals surface area contributed by atoms with Crippen LogP contribution in [-0.2, 0) is 6.42 Å². The smallest absolute Gasteiger partial charge is 0.317 e. The van der Waals surface area contributed by atoms with Crippen LogP contribution in [0.15, 0.2) is 48.5 Å². The van der Waals surface area contributed by atoms with Gasteiger partial charge in [0.2, 0.25) is 0 Å². The van der Waals surface area contributed by atoms with Crippen molar-refractivity contribution in [2.24, 2.45) is 0 Å². The van der Waals surface area contributed by atoms with Gasteiger partial charge in [-0.15, -0.1) is 0 Å². The maximum Gasteiger partial charge on any atom is 0.317 e. The Morgan fingerprint density at radius 2 is 1.67 bits per heavy atom. The SMILES string of the molecule is CC(Cc1ccc(C#N)cc1)NC(=O)N1CCCN(C(=O)c2ccc(F)cc2)CC1. The minimum absolute atomic E-state index is 0.0642. The summed E-state index contributed by atoms with van der Waals surface area (Å²) in [5.41, 5.74) is 2.11. The number of urea groups is 1. The Balaban J connectivity index is 1.51. The van der Waals surface area contributed by atoms with E-state index in [9.17, 15) is 14.0 Å². The van der Waals surface area contributed by atoms with Crippen molar-refractivity contribution in [1.82, 2.24) is 15.1 Å². The largest absolute Gasteiger partial charge is 0.337 e. The number of amides is 3. The van der Waals surface area contributed by atoms with Crippen molar-refractivity contribution in [3.05, 3.63) is 71.0 Å². The standard InChI is InChI=1S/C23H25FN4O2/c1-17(15-18-3-5-19(16-25)6-4-18)26-23(30)28-12-2-11-27(13-14-28)22(29)20-7-9-21(24)10-8-20/h3-10,17H,2,11-15H2,1H3,(H,26,30).